The van der Waals surface area contributed by atoms with Crippen LogP contribution in [0.15, 0.2) is 0 Å². The van der Waals surface area contributed by atoms with E-state index >= 15 is 0 Å². The van der Waals surface area contributed by atoms with Crippen molar-refractivity contribution in [1.29, 1.82) is 0 Å². The number of nitrogens with zero attached hydrogens (tertiary/aromatic N) is 1. The topological polar surface area (TPSA) is 15.3 Å². The van der Waals surface area contributed by atoms with Crippen molar-refractivity contribution in [1.82, 2.24) is 10.2 Å². The molecule has 3 heteroatoms. The highest BCUT2D eigenvalue weighted by atomic mass is 32.2. The average molecular weight is 173 g/mol. The highest BCUT2D eigenvalue weighted by Gasteiger charge is 2.19. The van der Waals surface area contributed by atoms with Crippen LogP contribution in [0.5, 0.6) is 0 Å². The maximum atomic E-state index is 3.38. The first kappa shape index (κ1) is 9.36. The van der Waals surface area contributed by atoms with E-state index in [1.54, 1.807) is 0 Å². The lowest BCUT2D eigenvalue weighted by Crippen LogP contribution is -2.38. The molecule has 65 valence electrons. The smallest absolute Gasteiger partial charge is 0.109 e. The van der Waals surface area contributed by atoms with Gasteiger partial charge in [0.2, 0.25) is 0 Å². The number of thioether (sulfide) groups is 1. The normalized spacial score (nSPS) is 21.0. The number of rotatable bonds is 3. The van der Waals surface area contributed by atoms with E-state index in [2.05, 4.69) is 24.1 Å². The summed E-state index contributed by atoms with van der Waals surface area (Å²) in [4.78, 5) is 2.43. The Labute approximate surface area is 73.7 Å². The van der Waals surface area contributed by atoms with Crippen molar-refractivity contribution in [2.24, 2.45) is 0 Å². The largest absolute Gasteiger partial charge is 0.313 e. The number of hydrogen-bond acceptors (Lipinski definition) is 3. The molecule has 0 spiro atoms. The van der Waals surface area contributed by atoms with Gasteiger partial charge in [0.05, 0.1) is 0 Å². The molecule has 11 heavy (non-hydrogen) atoms. The Morgan fingerprint density at radius 2 is 2.18 bits per heavy atom. The Hall–Kier alpha value is 0.270. The summed E-state index contributed by atoms with van der Waals surface area (Å²) in [5.41, 5.74) is 0. The Kier molecular flexibility index (Phi) is 4.26. The van der Waals surface area contributed by atoms with E-state index in [1.165, 1.54) is 11.1 Å². The molecular formula is C8H17N2S. The Bertz CT molecular complexity index is 98.3. The average Bonchev–Trinajstić information content (AvgIpc) is 2.09. The van der Waals surface area contributed by atoms with Crippen LogP contribution >= 0.6 is 11.8 Å². The van der Waals surface area contributed by atoms with Gasteiger partial charge >= 0.3 is 0 Å². The lowest BCUT2D eigenvalue weighted by molar-refractivity contribution is 0.342. The van der Waals surface area contributed by atoms with Crippen LogP contribution in [0.3, 0.4) is 0 Å². The quantitative estimate of drug-likeness (QED) is 0.689. The molecule has 0 aromatic heterocycles. The molecule has 0 amide bonds. The van der Waals surface area contributed by atoms with Crippen LogP contribution in [0.2, 0.25) is 0 Å². The van der Waals surface area contributed by atoms with Gasteiger partial charge in [-0.15, -0.1) is 11.8 Å². The second-order valence-corrected chi connectivity index (χ2v) is 3.76. The highest BCUT2D eigenvalue weighted by Crippen LogP contribution is 2.24. The van der Waals surface area contributed by atoms with Gasteiger partial charge in [-0.3, -0.25) is 4.90 Å². The first-order chi connectivity index (χ1) is 5.38. The van der Waals surface area contributed by atoms with Gasteiger partial charge in [-0.2, -0.15) is 0 Å². The van der Waals surface area contributed by atoms with Crippen LogP contribution in [-0.2, 0) is 0 Å². The molecule has 1 heterocycles. The van der Waals surface area contributed by atoms with Gasteiger partial charge in [0.1, 0.15) is 5.37 Å². The van der Waals surface area contributed by atoms with Gasteiger partial charge in [0.25, 0.3) is 0 Å². The van der Waals surface area contributed by atoms with Gasteiger partial charge < -0.3 is 5.32 Å². The molecule has 1 saturated heterocycles. The zero-order valence-electron chi connectivity index (χ0n) is 7.39. The minimum Gasteiger partial charge on any atom is -0.313 e. The van der Waals surface area contributed by atoms with Crippen LogP contribution < -0.4 is 5.32 Å². The second kappa shape index (κ2) is 5.01. The molecule has 1 fully saturated rings. The third kappa shape index (κ3) is 2.65. The summed E-state index contributed by atoms with van der Waals surface area (Å²) in [5.74, 6) is 1.23. The van der Waals surface area contributed by atoms with Gasteiger partial charge in [0, 0.05) is 18.8 Å². The Morgan fingerprint density at radius 3 is 2.64 bits per heavy atom. The predicted molar refractivity (Wildman–Crippen MR) is 51.5 cm³/mol. The minimum absolute atomic E-state index is 1.08. The van der Waals surface area contributed by atoms with E-state index in [0.717, 1.165) is 26.2 Å². The Morgan fingerprint density at radius 1 is 1.45 bits per heavy atom. The molecule has 0 aromatic carbocycles. The van der Waals surface area contributed by atoms with E-state index < -0.39 is 0 Å². The number of nitrogens with one attached hydrogen (secondary N) is 1. The van der Waals surface area contributed by atoms with E-state index in [4.69, 9.17) is 0 Å². The Balaban J connectivity index is 2.30. The van der Waals surface area contributed by atoms with Gasteiger partial charge in [-0.25, -0.2) is 0 Å². The molecule has 1 aliphatic rings. The molecule has 0 aromatic rings. The molecule has 1 aliphatic heterocycles. The van der Waals surface area contributed by atoms with Gasteiger partial charge in [-0.05, 0) is 13.1 Å². The standard InChI is InChI=1S/C8H17N2S/c1-3-10(4-2)8-7-9-5-6-11-8/h9H,3-7H2,1-2H3. The highest BCUT2D eigenvalue weighted by molar-refractivity contribution is 8.02. The maximum Gasteiger partial charge on any atom is 0.109 e. The zero-order chi connectivity index (χ0) is 8.10. The van der Waals surface area contributed by atoms with Crippen molar-refractivity contribution in [2.45, 2.75) is 13.8 Å². The molecule has 1 N–H and O–H groups in total. The zero-order valence-corrected chi connectivity index (χ0v) is 8.21. The summed E-state index contributed by atoms with van der Waals surface area (Å²) in [7, 11) is 0. The summed E-state index contributed by atoms with van der Waals surface area (Å²) in [6, 6.07) is 0. The van der Waals surface area contributed by atoms with Crippen molar-refractivity contribution >= 4 is 11.8 Å². The molecular weight excluding hydrogens is 156 g/mol. The third-order valence-electron chi connectivity index (χ3n) is 1.94. The molecule has 0 aliphatic carbocycles. The van der Waals surface area contributed by atoms with E-state index in [9.17, 15) is 0 Å². The molecule has 0 unspecified atom stereocenters. The van der Waals surface area contributed by atoms with E-state index in [1.807, 2.05) is 11.8 Å². The monoisotopic (exact) mass is 173 g/mol. The van der Waals surface area contributed by atoms with Crippen LogP contribution in [0.1, 0.15) is 13.8 Å². The van der Waals surface area contributed by atoms with Gasteiger partial charge in [-0.1, -0.05) is 13.8 Å². The first-order valence-electron chi connectivity index (χ1n) is 4.32. The van der Waals surface area contributed by atoms with Gasteiger partial charge in [0.15, 0.2) is 0 Å². The molecule has 0 atom stereocenters. The fourth-order valence-electron chi connectivity index (χ4n) is 1.27. The van der Waals surface area contributed by atoms with Crippen molar-refractivity contribution in [3.8, 4) is 0 Å². The molecule has 1 radical (unpaired) electrons. The summed E-state index contributed by atoms with van der Waals surface area (Å²) >= 11 is 2.00. The molecule has 1 rings (SSSR count). The summed E-state index contributed by atoms with van der Waals surface area (Å²) in [5, 5.41) is 4.90. The lowest BCUT2D eigenvalue weighted by Gasteiger charge is -2.31. The summed E-state index contributed by atoms with van der Waals surface area (Å²) in [6.07, 6.45) is 0. The summed E-state index contributed by atoms with van der Waals surface area (Å²) in [6.45, 7) is 8.94. The molecule has 2 nitrogen and oxygen atoms in total. The lowest BCUT2D eigenvalue weighted by atomic mass is 10.4. The fraction of sp³-hybridized carbons (Fsp3) is 0.875. The van der Waals surface area contributed by atoms with Crippen molar-refractivity contribution < 1.29 is 0 Å². The van der Waals surface area contributed by atoms with Crippen LogP contribution in [0.4, 0.5) is 0 Å². The van der Waals surface area contributed by atoms with Crippen molar-refractivity contribution in [2.75, 3.05) is 31.9 Å². The van der Waals surface area contributed by atoms with E-state index in [-0.39, 0.29) is 0 Å². The van der Waals surface area contributed by atoms with Crippen molar-refractivity contribution in [3.63, 3.8) is 0 Å². The van der Waals surface area contributed by atoms with Crippen LogP contribution in [0, 0.1) is 5.37 Å². The second-order valence-electron chi connectivity index (χ2n) is 2.59. The summed E-state index contributed by atoms with van der Waals surface area (Å²) < 4.78 is 0. The fourth-order valence-corrected chi connectivity index (χ4v) is 2.39. The molecule has 0 saturated carbocycles. The van der Waals surface area contributed by atoms with Crippen LogP contribution in [0.25, 0.3) is 0 Å². The SMILES string of the molecule is CCN(CC)[C]1CNCCS1. The molecule has 0 bridgehead atoms. The maximum absolute atomic E-state index is 3.38. The van der Waals surface area contributed by atoms with E-state index in [0.29, 0.717) is 0 Å². The third-order valence-corrected chi connectivity index (χ3v) is 3.08. The van der Waals surface area contributed by atoms with Crippen molar-refractivity contribution in [3.05, 3.63) is 5.37 Å². The first-order valence-corrected chi connectivity index (χ1v) is 5.31. The number of hydrogen-bond donors (Lipinski definition) is 1. The van der Waals surface area contributed by atoms with Crippen LogP contribution in [-0.4, -0.2) is 36.8 Å². The predicted octanol–water partition coefficient (Wildman–Crippen LogP) is 1.15. The minimum atomic E-state index is 1.08. The number of likely N-dealkylation sites (N-methyl/N-ethyl adjacent to an activating group) is 1.